The average molecular weight is 306 g/mol. The van der Waals surface area contributed by atoms with Crippen LogP contribution in [-0.2, 0) is 9.47 Å². The molecule has 1 aromatic heterocycles. The molecule has 1 spiro atoms. The van der Waals surface area contributed by atoms with Crippen LogP contribution in [0.1, 0.15) is 32.6 Å². The van der Waals surface area contributed by atoms with Crippen molar-refractivity contribution in [3.63, 3.8) is 0 Å². The standard InChI is InChI=1S/C16H22N2O4/c1-2-21-14(19)12-5-7-16(8-6-12)11-18(15(20)22-16)13-4-3-9-17-10-13/h3-4,9-10,12,14,19H,2,5-8,11H2,1H3. The quantitative estimate of drug-likeness (QED) is 0.864. The summed E-state index contributed by atoms with van der Waals surface area (Å²) in [6.07, 6.45) is 5.44. The summed E-state index contributed by atoms with van der Waals surface area (Å²) in [5.74, 6) is 0.122. The predicted octanol–water partition coefficient (Wildman–Crippen LogP) is 2.32. The van der Waals surface area contributed by atoms with E-state index in [1.807, 2.05) is 19.1 Å². The molecule has 3 rings (SSSR count). The molecule has 22 heavy (non-hydrogen) atoms. The van der Waals surface area contributed by atoms with Crippen molar-refractivity contribution in [1.29, 1.82) is 0 Å². The molecule has 1 N–H and O–H groups in total. The molecule has 1 aromatic rings. The first kappa shape index (κ1) is 15.2. The second kappa shape index (κ2) is 6.22. The van der Waals surface area contributed by atoms with Crippen LogP contribution in [0.15, 0.2) is 24.5 Å². The van der Waals surface area contributed by atoms with E-state index in [1.165, 1.54) is 0 Å². The number of hydrogen-bond donors (Lipinski definition) is 1. The molecule has 0 bridgehead atoms. The third-order valence-electron chi connectivity index (χ3n) is 4.61. The first-order valence-electron chi connectivity index (χ1n) is 7.84. The Balaban J connectivity index is 1.64. The SMILES string of the molecule is CCOC(O)C1CCC2(CC1)CN(c1cccnc1)C(=O)O2. The van der Waals surface area contributed by atoms with Crippen LogP contribution in [0, 0.1) is 5.92 Å². The lowest BCUT2D eigenvalue weighted by Crippen LogP contribution is -2.41. The molecule has 0 aromatic carbocycles. The van der Waals surface area contributed by atoms with Gasteiger partial charge in [0.25, 0.3) is 0 Å². The molecule has 2 heterocycles. The van der Waals surface area contributed by atoms with Gasteiger partial charge < -0.3 is 14.6 Å². The van der Waals surface area contributed by atoms with Crippen LogP contribution >= 0.6 is 0 Å². The zero-order valence-corrected chi connectivity index (χ0v) is 12.8. The van der Waals surface area contributed by atoms with E-state index in [1.54, 1.807) is 17.3 Å². The summed E-state index contributed by atoms with van der Waals surface area (Å²) in [4.78, 5) is 17.9. The van der Waals surface area contributed by atoms with E-state index in [9.17, 15) is 9.90 Å². The van der Waals surface area contributed by atoms with Gasteiger partial charge in [0.2, 0.25) is 0 Å². The van der Waals surface area contributed by atoms with E-state index < -0.39 is 11.9 Å². The van der Waals surface area contributed by atoms with Gasteiger partial charge in [-0.25, -0.2) is 4.79 Å². The summed E-state index contributed by atoms with van der Waals surface area (Å²) >= 11 is 0. The van der Waals surface area contributed by atoms with Crippen LogP contribution in [0.4, 0.5) is 10.5 Å². The molecule has 1 unspecified atom stereocenters. The molecule has 1 aliphatic carbocycles. The Labute approximate surface area is 130 Å². The Morgan fingerprint density at radius 3 is 2.95 bits per heavy atom. The Hall–Kier alpha value is -1.66. The second-order valence-electron chi connectivity index (χ2n) is 6.03. The van der Waals surface area contributed by atoms with Gasteiger partial charge in [0.1, 0.15) is 5.60 Å². The maximum absolute atomic E-state index is 12.2. The van der Waals surface area contributed by atoms with Crippen LogP contribution in [-0.4, -0.2) is 41.2 Å². The molecule has 2 fully saturated rings. The van der Waals surface area contributed by atoms with Crippen molar-refractivity contribution in [2.45, 2.75) is 44.5 Å². The highest BCUT2D eigenvalue weighted by Gasteiger charge is 2.48. The maximum Gasteiger partial charge on any atom is 0.415 e. The number of carbonyl (C=O) groups excluding carboxylic acids is 1. The molecular formula is C16H22N2O4. The Bertz CT molecular complexity index is 514. The largest absolute Gasteiger partial charge is 0.441 e. The molecule has 6 nitrogen and oxygen atoms in total. The fraction of sp³-hybridized carbons (Fsp3) is 0.625. The molecule has 1 saturated heterocycles. The lowest BCUT2D eigenvalue weighted by Gasteiger charge is -2.36. The van der Waals surface area contributed by atoms with Crippen molar-refractivity contribution < 1.29 is 19.4 Å². The number of pyridine rings is 1. The van der Waals surface area contributed by atoms with Crippen LogP contribution in [0.25, 0.3) is 0 Å². The van der Waals surface area contributed by atoms with E-state index in [-0.39, 0.29) is 12.0 Å². The number of nitrogens with zero attached hydrogens (tertiary/aromatic N) is 2. The third-order valence-corrected chi connectivity index (χ3v) is 4.61. The predicted molar refractivity (Wildman–Crippen MR) is 80.4 cm³/mol. The van der Waals surface area contributed by atoms with Crippen molar-refractivity contribution in [3.8, 4) is 0 Å². The Morgan fingerprint density at radius 1 is 1.55 bits per heavy atom. The zero-order valence-electron chi connectivity index (χ0n) is 12.8. The number of hydrogen-bond acceptors (Lipinski definition) is 5. The number of anilines is 1. The van der Waals surface area contributed by atoms with Gasteiger partial charge in [0.05, 0.1) is 18.4 Å². The van der Waals surface area contributed by atoms with Gasteiger partial charge in [-0.3, -0.25) is 9.88 Å². The monoisotopic (exact) mass is 306 g/mol. The number of aromatic nitrogens is 1. The number of carbonyl (C=O) groups is 1. The lowest BCUT2D eigenvalue weighted by molar-refractivity contribution is -0.146. The highest BCUT2D eigenvalue weighted by atomic mass is 16.6. The maximum atomic E-state index is 12.2. The van der Waals surface area contributed by atoms with Gasteiger partial charge in [0, 0.05) is 18.7 Å². The van der Waals surface area contributed by atoms with Crippen molar-refractivity contribution in [2.24, 2.45) is 5.92 Å². The summed E-state index contributed by atoms with van der Waals surface area (Å²) in [7, 11) is 0. The van der Waals surface area contributed by atoms with E-state index in [2.05, 4.69) is 4.98 Å². The minimum absolute atomic E-state index is 0.122. The van der Waals surface area contributed by atoms with Crippen LogP contribution < -0.4 is 4.90 Å². The second-order valence-corrected chi connectivity index (χ2v) is 6.03. The molecule has 6 heteroatoms. The van der Waals surface area contributed by atoms with Crippen LogP contribution in [0.2, 0.25) is 0 Å². The van der Waals surface area contributed by atoms with Gasteiger partial charge in [-0.15, -0.1) is 0 Å². The van der Waals surface area contributed by atoms with E-state index in [0.717, 1.165) is 31.4 Å². The summed E-state index contributed by atoms with van der Waals surface area (Å²) in [6, 6.07) is 3.67. The first-order valence-corrected chi connectivity index (χ1v) is 7.84. The topological polar surface area (TPSA) is 71.9 Å². The molecule has 2 aliphatic rings. The lowest BCUT2D eigenvalue weighted by atomic mass is 9.78. The Kier molecular flexibility index (Phi) is 4.31. The van der Waals surface area contributed by atoms with Gasteiger partial charge >= 0.3 is 6.09 Å². The number of aliphatic hydroxyl groups excluding tert-OH is 1. The summed E-state index contributed by atoms with van der Waals surface area (Å²) in [6.45, 7) is 2.93. The average Bonchev–Trinajstić information content (AvgIpc) is 2.85. The summed E-state index contributed by atoms with van der Waals surface area (Å²) < 4.78 is 11.0. The minimum atomic E-state index is -0.714. The fourth-order valence-electron chi connectivity index (χ4n) is 3.35. The number of ether oxygens (including phenoxy) is 2. The van der Waals surface area contributed by atoms with Gasteiger partial charge in [-0.1, -0.05) is 0 Å². The number of aliphatic hydroxyl groups is 1. The molecule has 1 aliphatic heterocycles. The number of amides is 1. The van der Waals surface area contributed by atoms with Crippen LogP contribution in [0.5, 0.6) is 0 Å². The third kappa shape index (κ3) is 2.94. The van der Waals surface area contributed by atoms with Crippen molar-refractivity contribution in [2.75, 3.05) is 18.1 Å². The highest BCUT2D eigenvalue weighted by Crippen LogP contribution is 2.41. The normalized spacial score (nSPS) is 29.6. The fourth-order valence-corrected chi connectivity index (χ4v) is 3.35. The summed E-state index contributed by atoms with van der Waals surface area (Å²) in [5, 5.41) is 9.94. The molecular weight excluding hydrogens is 284 g/mol. The minimum Gasteiger partial charge on any atom is -0.441 e. The zero-order chi connectivity index (χ0) is 15.6. The number of rotatable bonds is 4. The smallest absolute Gasteiger partial charge is 0.415 e. The van der Waals surface area contributed by atoms with Gasteiger partial charge in [-0.2, -0.15) is 0 Å². The summed E-state index contributed by atoms with van der Waals surface area (Å²) in [5.41, 5.74) is 0.330. The molecule has 0 radical (unpaired) electrons. The van der Waals surface area contributed by atoms with Crippen molar-refractivity contribution >= 4 is 11.8 Å². The van der Waals surface area contributed by atoms with Crippen molar-refractivity contribution in [3.05, 3.63) is 24.5 Å². The van der Waals surface area contributed by atoms with Crippen molar-refractivity contribution in [1.82, 2.24) is 4.98 Å². The van der Waals surface area contributed by atoms with E-state index >= 15 is 0 Å². The highest BCUT2D eigenvalue weighted by molar-refractivity contribution is 5.90. The van der Waals surface area contributed by atoms with Gasteiger partial charge in [-0.05, 0) is 44.7 Å². The van der Waals surface area contributed by atoms with Gasteiger partial charge in [0.15, 0.2) is 6.29 Å². The molecule has 1 amide bonds. The van der Waals surface area contributed by atoms with Crippen LogP contribution in [0.3, 0.4) is 0 Å². The first-order chi connectivity index (χ1) is 10.6. The molecule has 120 valence electrons. The van der Waals surface area contributed by atoms with E-state index in [4.69, 9.17) is 9.47 Å². The van der Waals surface area contributed by atoms with E-state index in [0.29, 0.717) is 13.2 Å². The molecule has 1 atom stereocenters. The molecule has 1 saturated carbocycles. The Morgan fingerprint density at radius 2 is 2.32 bits per heavy atom.